The lowest BCUT2D eigenvalue weighted by molar-refractivity contribution is -0.121. The van der Waals surface area contributed by atoms with Gasteiger partial charge < -0.3 is 10.1 Å². The van der Waals surface area contributed by atoms with Crippen LogP contribution < -0.4 is 15.4 Å². The molecule has 0 aliphatic carbocycles. The second-order valence-electron chi connectivity index (χ2n) is 4.65. The first-order valence-electron chi connectivity index (χ1n) is 7.01. The lowest BCUT2D eigenvalue weighted by Crippen LogP contribution is -2.37. The molecule has 1 aromatic carbocycles. The predicted octanol–water partition coefficient (Wildman–Crippen LogP) is 3.30. The predicted molar refractivity (Wildman–Crippen MR) is 97.6 cm³/mol. The normalized spacial score (nSPS) is 10.0. The number of benzene rings is 1. The van der Waals surface area contributed by atoms with Crippen molar-refractivity contribution in [3.05, 3.63) is 52.6 Å². The summed E-state index contributed by atoms with van der Waals surface area (Å²) in [4.78, 5) is 15.9. The van der Waals surface area contributed by atoms with Gasteiger partial charge in [0.2, 0.25) is 0 Å². The van der Waals surface area contributed by atoms with Crippen molar-refractivity contribution in [2.45, 2.75) is 13.3 Å². The summed E-state index contributed by atoms with van der Waals surface area (Å²) in [6, 6.07) is 11.2. The maximum atomic E-state index is 11.8. The van der Waals surface area contributed by atoms with Crippen molar-refractivity contribution in [2.24, 2.45) is 0 Å². The number of carbonyl (C=O) groups excluding carboxylic acids is 1. The number of thiocarbonyl (C=S) groups is 1. The highest BCUT2D eigenvalue weighted by atomic mass is 79.9. The number of carbonyl (C=O) groups is 1. The van der Waals surface area contributed by atoms with Crippen molar-refractivity contribution < 1.29 is 9.53 Å². The van der Waals surface area contributed by atoms with E-state index in [1.807, 2.05) is 30.3 Å². The number of hydrogen-bond acceptors (Lipinski definition) is 4. The smallest absolute Gasteiger partial charge is 0.264 e. The summed E-state index contributed by atoms with van der Waals surface area (Å²) in [5.74, 6) is 0.861. The minimum absolute atomic E-state index is 0.110. The van der Waals surface area contributed by atoms with Gasteiger partial charge in [0.1, 0.15) is 11.6 Å². The van der Waals surface area contributed by atoms with Crippen molar-refractivity contribution >= 4 is 45.0 Å². The number of hydrogen-bond donors (Lipinski definition) is 2. The number of ether oxygens (including phenoxy) is 1. The third-order valence-electron chi connectivity index (χ3n) is 2.92. The Morgan fingerprint density at radius 2 is 2.00 bits per heavy atom. The molecule has 0 radical (unpaired) electrons. The molecule has 1 amide bonds. The van der Waals surface area contributed by atoms with Gasteiger partial charge in [-0.3, -0.25) is 10.1 Å². The maximum Gasteiger partial charge on any atom is 0.264 e. The van der Waals surface area contributed by atoms with Gasteiger partial charge in [-0.25, -0.2) is 4.98 Å². The average molecular weight is 394 g/mol. The monoisotopic (exact) mass is 393 g/mol. The Morgan fingerprint density at radius 1 is 1.26 bits per heavy atom. The molecule has 0 saturated carbocycles. The first-order chi connectivity index (χ1) is 11.1. The maximum absolute atomic E-state index is 11.8. The van der Waals surface area contributed by atoms with Crippen molar-refractivity contribution in [3.8, 4) is 5.75 Å². The van der Waals surface area contributed by atoms with Gasteiger partial charge in [0, 0.05) is 10.7 Å². The fraction of sp³-hybridized carbons (Fsp3) is 0.188. The van der Waals surface area contributed by atoms with E-state index in [9.17, 15) is 4.79 Å². The molecule has 0 unspecified atom stereocenters. The summed E-state index contributed by atoms with van der Waals surface area (Å²) in [5.41, 5.74) is 1.22. The van der Waals surface area contributed by atoms with Crippen LogP contribution in [-0.2, 0) is 11.2 Å². The van der Waals surface area contributed by atoms with Gasteiger partial charge in [-0.05, 0) is 64.4 Å². The summed E-state index contributed by atoms with van der Waals surface area (Å²) in [7, 11) is 0. The Balaban J connectivity index is 1.77. The molecule has 0 atom stereocenters. The molecule has 7 heteroatoms. The van der Waals surface area contributed by atoms with Crippen LogP contribution in [0.3, 0.4) is 0 Å². The lowest BCUT2D eigenvalue weighted by Gasteiger charge is -2.10. The van der Waals surface area contributed by atoms with Crippen LogP contribution in [0.2, 0.25) is 0 Å². The van der Waals surface area contributed by atoms with E-state index in [1.54, 1.807) is 12.3 Å². The van der Waals surface area contributed by atoms with Gasteiger partial charge in [0.05, 0.1) is 0 Å². The fourth-order valence-corrected chi connectivity index (χ4v) is 2.18. The molecule has 2 aromatic rings. The molecule has 0 aliphatic heterocycles. The van der Waals surface area contributed by atoms with E-state index in [2.05, 4.69) is 38.5 Å². The average Bonchev–Trinajstić information content (AvgIpc) is 2.55. The molecule has 0 saturated heterocycles. The number of rotatable bonds is 5. The first kappa shape index (κ1) is 17.4. The number of halogens is 1. The van der Waals surface area contributed by atoms with E-state index in [-0.39, 0.29) is 17.6 Å². The van der Waals surface area contributed by atoms with E-state index >= 15 is 0 Å². The lowest BCUT2D eigenvalue weighted by atomic mass is 10.2. The molecular weight excluding hydrogens is 378 g/mol. The zero-order chi connectivity index (χ0) is 16.7. The minimum Gasteiger partial charge on any atom is -0.484 e. The topological polar surface area (TPSA) is 63.2 Å². The van der Waals surface area contributed by atoms with Crippen LogP contribution in [0.1, 0.15) is 12.5 Å². The van der Waals surface area contributed by atoms with Crippen LogP contribution >= 0.6 is 28.1 Å². The molecular formula is C16H16BrN3O2S. The third-order valence-corrected chi connectivity index (χ3v) is 3.60. The van der Waals surface area contributed by atoms with Gasteiger partial charge in [-0.15, -0.1) is 0 Å². The van der Waals surface area contributed by atoms with Gasteiger partial charge in [-0.2, -0.15) is 0 Å². The first-order valence-corrected chi connectivity index (χ1v) is 8.21. The van der Waals surface area contributed by atoms with Crippen molar-refractivity contribution in [1.29, 1.82) is 0 Å². The van der Waals surface area contributed by atoms with Crippen molar-refractivity contribution in [2.75, 3.05) is 11.9 Å². The highest BCUT2D eigenvalue weighted by molar-refractivity contribution is 9.10. The number of aromatic nitrogens is 1. The summed E-state index contributed by atoms with van der Waals surface area (Å²) < 4.78 is 6.27. The van der Waals surface area contributed by atoms with Gasteiger partial charge in [-0.1, -0.05) is 19.1 Å². The number of anilines is 1. The minimum atomic E-state index is -0.334. The van der Waals surface area contributed by atoms with Crippen LogP contribution in [0.25, 0.3) is 0 Å². The van der Waals surface area contributed by atoms with Crippen molar-refractivity contribution in [3.63, 3.8) is 0 Å². The number of pyridine rings is 1. The van der Waals surface area contributed by atoms with Gasteiger partial charge in [0.15, 0.2) is 11.7 Å². The van der Waals surface area contributed by atoms with Crippen LogP contribution in [0, 0.1) is 0 Å². The zero-order valence-electron chi connectivity index (χ0n) is 12.5. The Hall–Kier alpha value is -1.99. The summed E-state index contributed by atoms with van der Waals surface area (Å²) in [6.07, 6.45) is 2.60. The fourth-order valence-electron chi connectivity index (χ4n) is 1.73. The summed E-state index contributed by atoms with van der Waals surface area (Å²) >= 11 is 8.35. The van der Waals surface area contributed by atoms with E-state index in [1.165, 1.54) is 5.56 Å². The second kappa shape index (κ2) is 8.59. The molecule has 120 valence electrons. The quantitative estimate of drug-likeness (QED) is 0.762. The van der Waals surface area contributed by atoms with E-state index < -0.39 is 0 Å². The summed E-state index contributed by atoms with van der Waals surface area (Å²) in [5, 5.41) is 5.54. The molecule has 0 fully saturated rings. The Morgan fingerprint density at radius 3 is 2.61 bits per heavy atom. The molecule has 2 rings (SSSR count). The molecule has 0 aliphatic rings. The van der Waals surface area contributed by atoms with Gasteiger partial charge in [0.25, 0.3) is 5.91 Å². The molecule has 0 spiro atoms. The Bertz CT molecular complexity index is 675. The Kier molecular flexibility index (Phi) is 6.49. The number of nitrogens with one attached hydrogen (secondary N) is 2. The molecule has 1 aromatic heterocycles. The number of nitrogens with zero attached hydrogens (tertiary/aromatic N) is 1. The SMILES string of the molecule is CCc1ccc(OCC(=O)NC(=S)Nc2ccc(Br)cn2)cc1. The standard InChI is InChI=1S/C16H16BrN3O2S/c1-2-11-3-6-13(7-4-11)22-10-15(21)20-16(23)19-14-8-5-12(17)9-18-14/h3-9H,2,10H2,1H3,(H2,18,19,20,21,23). The summed E-state index contributed by atoms with van der Waals surface area (Å²) in [6.45, 7) is 1.97. The zero-order valence-corrected chi connectivity index (χ0v) is 14.9. The largest absolute Gasteiger partial charge is 0.484 e. The van der Waals surface area contributed by atoms with E-state index in [0.717, 1.165) is 10.9 Å². The number of aryl methyl sites for hydroxylation is 1. The second-order valence-corrected chi connectivity index (χ2v) is 5.97. The Labute approximate surface area is 148 Å². The highest BCUT2D eigenvalue weighted by Gasteiger charge is 2.06. The van der Waals surface area contributed by atoms with Crippen molar-refractivity contribution in [1.82, 2.24) is 10.3 Å². The molecule has 0 bridgehead atoms. The van der Waals surface area contributed by atoms with E-state index in [4.69, 9.17) is 17.0 Å². The van der Waals surface area contributed by atoms with E-state index in [0.29, 0.717) is 11.6 Å². The molecule has 2 N–H and O–H groups in total. The van der Waals surface area contributed by atoms with Crippen LogP contribution in [0.4, 0.5) is 5.82 Å². The molecule has 5 nitrogen and oxygen atoms in total. The number of amides is 1. The molecule has 23 heavy (non-hydrogen) atoms. The highest BCUT2D eigenvalue weighted by Crippen LogP contribution is 2.12. The third kappa shape index (κ3) is 5.96. The van der Waals surface area contributed by atoms with Crippen LogP contribution in [0.15, 0.2) is 47.1 Å². The van der Waals surface area contributed by atoms with Gasteiger partial charge >= 0.3 is 0 Å². The van der Waals surface area contributed by atoms with Crippen LogP contribution in [0.5, 0.6) is 5.75 Å². The van der Waals surface area contributed by atoms with Crippen LogP contribution in [-0.4, -0.2) is 22.6 Å². The molecule has 1 heterocycles.